The van der Waals surface area contributed by atoms with Crippen LogP contribution in [0.3, 0.4) is 0 Å². The van der Waals surface area contributed by atoms with E-state index in [1.165, 1.54) is 24.5 Å². The first kappa shape index (κ1) is 12.5. The molecule has 18 heavy (non-hydrogen) atoms. The van der Waals surface area contributed by atoms with Crippen LogP contribution in [0, 0.1) is 12.5 Å². The van der Waals surface area contributed by atoms with Gasteiger partial charge in [-0.25, -0.2) is 11.4 Å². The third-order valence-corrected chi connectivity index (χ3v) is 3.64. The van der Waals surface area contributed by atoms with E-state index in [1.807, 2.05) is 24.3 Å². The van der Waals surface area contributed by atoms with Gasteiger partial charge in [0.15, 0.2) is 0 Å². The molecule has 0 N–H and O–H groups in total. The Morgan fingerprint density at radius 2 is 2.00 bits per heavy atom. The van der Waals surface area contributed by atoms with Crippen molar-refractivity contribution in [1.29, 1.82) is 0 Å². The zero-order chi connectivity index (χ0) is 12.8. The first-order valence-corrected chi connectivity index (χ1v) is 6.37. The molecule has 1 saturated carbocycles. The van der Waals surface area contributed by atoms with Gasteiger partial charge in [0, 0.05) is 12.3 Å². The fourth-order valence-electron chi connectivity index (χ4n) is 2.66. The zero-order valence-electron chi connectivity index (χ0n) is 10.3. The van der Waals surface area contributed by atoms with Crippen LogP contribution in [-0.2, 0) is 11.2 Å². The smallest absolute Gasteiger partial charge is 0.240 e. The van der Waals surface area contributed by atoms with E-state index in [-0.39, 0.29) is 6.04 Å². The van der Waals surface area contributed by atoms with Crippen molar-refractivity contribution in [3.8, 4) is 0 Å². The Balaban J connectivity index is 2.04. The highest BCUT2D eigenvalue weighted by molar-refractivity contribution is 5.49. The van der Waals surface area contributed by atoms with Crippen molar-refractivity contribution in [3.05, 3.63) is 41.2 Å². The molecule has 0 spiro atoms. The van der Waals surface area contributed by atoms with E-state index >= 15 is 0 Å². The molecule has 0 aliphatic heterocycles. The van der Waals surface area contributed by atoms with Crippen LogP contribution in [0.25, 0.3) is 4.85 Å². The summed E-state index contributed by atoms with van der Waals surface area (Å²) in [4.78, 5) is 17.5. The lowest BCUT2D eigenvalue weighted by molar-refractivity contribution is 0.337. The molecule has 2 rings (SSSR count). The molecule has 1 aromatic carbocycles. The summed E-state index contributed by atoms with van der Waals surface area (Å²) in [6.45, 7) is 7.25. The lowest BCUT2D eigenvalue weighted by Gasteiger charge is -2.23. The quantitative estimate of drug-likeness (QED) is 0.451. The van der Waals surface area contributed by atoms with E-state index in [1.54, 1.807) is 0 Å². The molecule has 1 aliphatic carbocycles. The largest absolute Gasteiger partial charge is 0.313 e. The van der Waals surface area contributed by atoms with E-state index in [0.29, 0.717) is 11.6 Å². The van der Waals surface area contributed by atoms with Crippen molar-refractivity contribution in [3.63, 3.8) is 0 Å². The minimum atomic E-state index is 0.187. The predicted octanol–water partition coefficient (Wildman–Crippen LogP) is 3.67. The molecular formula is C15H16N2O. The van der Waals surface area contributed by atoms with Crippen LogP contribution in [0.4, 0.5) is 5.69 Å². The standard InChI is InChI=1S/C15H16N2O/c1-16-15-5-3-2-4-13(15)10-12-6-8-14(9-7-12)17-11-18/h6-9,13,15H,2-5,10H2. The normalized spacial score (nSPS) is 22.8. The number of rotatable bonds is 3. The topological polar surface area (TPSA) is 33.8 Å². The lowest BCUT2D eigenvalue weighted by Crippen LogP contribution is -2.23. The van der Waals surface area contributed by atoms with Crippen molar-refractivity contribution in [2.24, 2.45) is 10.9 Å². The first-order valence-electron chi connectivity index (χ1n) is 6.37. The van der Waals surface area contributed by atoms with Crippen molar-refractivity contribution < 1.29 is 4.79 Å². The van der Waals surface area contributed by atoms with Gasteiger partial charge in [0.1, 0.15) is 0 Å². The van der Waals surface area contributed by atoms with E-state index in [4.69, 9.17) is 6.57 Å². The van der Waals surface area contributed by atoms with Gasteiger partial charge in [-0.05, 0) is 37.0 Å². The average molecular weight is 240 g/mol. The third-order valence-electron chi connectivity index (χ3n) is 3.64. The highest BCUT2D eigenvalue weighted by Crippen LogP contribution is 2.30. The van der Waals surface area contributed by atoms with Crippen LogP contribution in [0.2, 0.25) is 0 Å². The zero-order valence-corrected chi connectivity index (χ0v) is 10.3. The Kier molecular flexibility index (Phi) is 4.28. The summed E-state index contributed by atoms with van der Waals surface area (Å²) in [6.07, 6.45) is 7.12. The van der Waals surface area contributed by atoms with Gasteiger partial charge in [-0.2, -0.15) is 4.99 Å². The molecule has 0 aromatic heterocycles. The number of aliphatic imine (C=N–C) groups is 1. The molecule has 92 valence electrons. The number of benzene rings is 1. The molecule has 0 amide bonds. The summed E-state index contributed by atoms with van der Waals surface area (Å²) >= 11 is 0. The first-order chi connectivity index (χ1) is 8.83. The maximum absolute atomic E-state index is 10.1. The van der Waals surface area contributed by atoms with Crippen LogP contribution in [0.5, 0.6) is 0 Å². The highest BCUT2D eigenvalue weighted by atomic mass is 16.1. The van der Waals surface area contributed by atoms with E-state index in [2.05, 4.69) is 9.84 Å². The van der Waals surface area contributed by atoms with Gasteiger partial charge in [-0.15, -0.1) is 0 Å². The third kappa shape index (κ3) is 3.06. The predicted molar refractivity (Wildman–Crippen MR) is 70.3 cm³/mol. The minimum Gasteiger partial charge on any atom is -0.313 e. The monoisotopic (exact) mass is 240 g/mol. The summed E-state index contributed by atoms with van der Waals surface area (Å²) < 4.78 is 0. The van der Waals surface area contributed by atoms with Gasteiger partial charge >= 0.3 is 0 Å². The van der Waals surface area contributed by atoms with E-state index in [9.17, 15) is 4.79 Å². The van der Waals surface area contributed by atoms with Crippen LogP contribution in [0.15, 0.2) is 29.3 Å². The van der Waals surface area contributed by atoms with Crippen LogP contribution < -0.4 is 0 Å². The molecule has 2 atom stereocenters. The summed E-state index contributed by atoms with van der Waals surface area (Å²) in [6, 6.07) is 7.83. The molecule has 2 unspecified atom stereocenters. The van der Waals surface area contributed by atoms with Gasteiger partial charge < -0.3 is 4.85 Å². The lowest BCUT2D eigenvalue weighted by atomic mass is 9.81. The van der Waals surface area contributed by atoms with E-state index < -0.39 is 0 Å². The summed E-state index contributed by atoms with van der Waals surface area (Å²) in [5.41, 5.74) is 1.86. The molecule has 1 fully saturated rings. The number of hydrogen-bond donors (Lipinski definition) is 0. The van der Waals surface area contributed by atoms with Gasteiger partial charge in [0.05, 0.1) is 5.69 Å². The van der Waals surface area contributed by atoms with Crippen molar-refractivity contribution in [1.82, 2.24) is 0 Å². The van der Waals surface area contributed by atoms with Gasteiger partial charge in [-0.1, -0.05) is 18.6 Å². The summed E-state index contributed by atoms with van der Waals surface area (Å²) in [5.74, 6) is 0.483. The maximum atomic E-state index is 10.1. The number of hydrogen-bond acceptors (Lipinski definition) is 2. The minimum absolute atomic E-state index is 0.187. The molecule has 3 nitrogen and oxygen atoms in total. The fraction of sp³-hybridized carbons (Fsp3) is 0.467. The molecule has 0 radical (unpaired) electrons. The van der Waals surface area contributed by atoms with Crippen molar-refractivity contribution in [2.75, 3.05) is 0 Å². The van der Waals surface area contributed by atoms with Crippen molar-refractivity contribution in [2.45, 2.75) is 38.1 Å². The molecule has 0 saturated heterocycles. The molecule has 0 heterocycles. The number of isocyanates is 1. The van der Waals surface area contributed by atoms with Gasteiger partial charge in [-0.3, -0.25) is 0 Å². The Hall–Kier alpha value is -1.91. The fourth-order valence-corrected chi connectivity index (χ4v) is 2.66. The van der Waals surface area contributed by atoms with E-state index in [0.717, 1.165) is 19.3 Å². The summed E-state index contributed by atoms with van der Waals surface area (Å²) in [5, 5.41) is 0. The molecular weight excluding hydrogens is 224 g/mol. The summed E-state index contributed by atoms with van der Waals surface area (Å²) in [7, 11) is 0. The Morgan fingerprint density at radius 1 is 1.28 bits per heavy atom. The average Bonchev–Trinajstić information content (AvgIpc) is 2.42. The SMILES string of the molecule is [C-]#[N+]C1CCCCC1Cc1ccc(N=C=O)cc1. The highest BCUT2D eigenvalue weighted by Gasteiger charge is 2.29. The van der Waals surface area contributed by atoms with Gasteiger partial charge in [0.2, 0.25) is 12.1 Å². The Morgan fingerprint density at radius 3 is 2.67 bits per heavy atom. The molecule has 1 aromatic rings. The molecule has 0 bridgehead atoms. The van der Waals surface area contributed by atoms with Crippen LogP contribution in [0.1, 0.15) is 31.2 Å². The molecule has 1 aliphatic rings. The van der Waals surface area contributed by atoms with Crippen LogP contribution >= 0.6 is 0 Å². The second-order valence-corrected chi connectivity index (χ2v) is 4.81. The van der Waals surface area contributed by atoms with Crippen molar-refractivity contribution >= 4 is 11.8 Å². The Labute approximate surface area is 107 Å². The number of nitrogens with zero attached hydrogens (tertiary/aromatic N) is 2. The van der Waals surface area contributed by atoms with Gasteiger partial charge in [0.25, 0.3) is 0 Å². The molecule has 3 heteroatoms. The van der Waals surface area contributed by atoms with Crippen LogP contribution in [-0.4, -0.2) is 12.1 Å². The second-order valence-electron chi connectivity index (χ2n) is 4.81. The Bertz CT molecular complexity index is 480. The number of carbonyl (C=O) groups excluding carboxylic acids is 1. The maximum Gasteiger partial charge on any atom is 0.240 e. The second kappa shape index (κ2) is 6.14.